The van der Waals surface area contributed by atoms with Gasteiger partial charge in [-0.2, -0.15) is 0 Å². The van der Waals surface area contributed by atoms with Gasteiger partial charge in [0.2, 0.25) is 0 Å². The molecule has 0 atom stereocenters. The Kier molecular flexibility index (Phi) is 3.76. The molecule has 0 bridgehead atoms. The first kappa shape index (κ1) is 11.4. The number of hydroxylamine groups is 1. The molecule has 90 valence electrons. The van der Waals surface area contributed by atoms with E-state index in [0.717, 1.165) is 13.1 Å². The number of carbonyl (C=O) groups is 1. The van der Waals surface area contributed by atoms with Crippen molar-refractivity contribution in [3.05, 3.63) is 11.8 Å². The van der Waals surface area contributed by atoms with Crippen molar-refractivity contribution in [1.29, 1.82) is 0 Å². The second-order valence-electron chi connectivity index (χ2n) is 3.55. The lowest BCUT2D eigenvalue weighted by molar-refractivity contribution is -0.249. The second-order valence-corrected chi connectivity index (χ2v) is 3.55. The number of morpholine rings is 1. The molecular formula is C10H16N2O4. The molecule has 0 aromatic carbocycles. The molecule has 1 saturated heterocycles. The maximum absolute atomic E-state index is 11.4. The molecule has 0 amide bonds. The van der Waals surface area contributed by atoms with E-state index in [-0.39, 0.29) is 5.97 Å². The van der Waals surface area contributed by atoms with Crippen LogP contribution in [0.1, 0.15) is 6.92 Å². The summed E-state index contributed by atoms with van der Waals surface area (Å²) in [4.78, 5) is 16.7. The summed E-state index contributed by atoms with van der Waals surface area (Å²) in [7, 11) is 0. The number of nitrogens with zero attached hydrogens (tertiary/aromatic N) is 2. The summed E-state index contributed by atoms with van der Waals surface area (Å²) in [6.45, 7) is 5.55. The van der Waals surface area contributed by atoms with Gasteiger partial charge in [-0.3, -0.25) is 0 Å². The van der Waals surface area contributed by atoms with E-state index in [9.17, 15) is 4.79 Å². The van der Waals surface area contributed by atoms with Crippen LogP contribution in [-0.4, -0.2) is 55.6 Å². The highest BCUT2D eigenvalue weighted by Gasteiger charge is 2.28. The normalized spacial score (nSPS) is 22.7. The lowest BCUT2D eigenvalue weighted by Crippen LogP contribution is -2.47. The Morgan fingerprint density at radius 2 is 2.25 bits per heavy atom. The smallest absolute Gasteiger partial charge is 0.338 e. The topological polar surface area (TPSA) is 51.2 Å². The van der Waals surface area contributed by atoms with Gasteiger partial charge in [0.25, 0.3) is 0 Å². The van der Waals surface area contributed by atoms with Crippen LogP contribution in [-0.2, 0) is 19.1 Å². The van der Waals surface area contributed by atoms with Crippen molar-refractivity contribution in [3.8, 4) is 0 Å². The summed E-state index contributed by atoms with van der Waals surface area (Å²) < 4.78 is 10.1. The second kappa shape index (κ2) is 5.29. The Morgan fingerprint density at radius 1 is 1.50 bits per heavy atom. The third-order valence-corrected chi connectivity index (χ3v) is 2.46. The number of hydrazine groups is 1. The summed E-state index contributed by atoms with van der Waals surface area (Å²) in [5.74, 6) is -0.307. The predicted molar refractivity (Wildman–Crippen MR) is 54.9 cm³/mol. The number of ether oxygens (including phenoxy) is 2. The van der Waals surface area contributed by atoms with Gasteiger partial charge in [-0.1, -0.05) is 5.17 Å². The number of hydrogen-bond acceptors (Lipinski definition) is 6. The molecule has 0 radical (unpaired) electrons. The van der Waals surface area contributed by atoms with E-state index >= 15 is 0 Å². The number of esters is 1. The van der Waals surface area contributed by atoms with Crippen molar-refractivity contribution in [3.63, 3.8) is 0 Å². The molecule has 0 unspecified atom stereocenters. The summed E-state index contributed by atoms with van der Waals surface area (Å²) in [5.41, 5.74) is 0.549. The average molecular weight is 228 g/mol. The van der Waals surface area contributed by atoms with E-state index in [1.165, 1.54) is 6.26 Å². The van der Waals surface area contributed by atoms with Crippen LogP contribution in [0.15, 0.2) is 11.8 Å². The summed E-state index contributed by atoms with van der Waals surface area (Å²) >= 11 is 0. The summed E-state index contributed by atoms with van der Waals surface area (Å²) in [6, 6.07) is 0. The Bertz CT molecular complexity index is 287. The predicted octanol–water partition coefficient (Wildman–Crippen LogP) is -0.0722. The molecule has 0 aliphatic carbocycles. The minimum absolute atomic E-state index is 0.307. The highest BCUT2D eigenvalue weighted by molar-refractivity contribution is 5.88. The van der Waals surface area contributed by atoms with E-state index in [2.05, 4.69) is 0 Å². The zero-order valence-electron chi connectivity index (χ0n) is 9.35. The van der Waals surface area contributed by atoms with Gasteiger partial charge < -0.3 is 14.3 Å². The van der Waals surface area contributed by atoms with Crippen LogP contribution in [0, 0.1) is 0 Å². The van der Waals surface area contributed by atoms with Crippen molar-refractivity contribution in [2.24, 2.45) is 0 Å². The quantitative estimate of drug-likeness (QED) is 0.630. The monoisotopic (exact) mass is 228 g/mol. The van der Waals surface area contributed by atoms with Gasteiger partial charge in [-0.15, -0.1) is 0 Å². The number of hydrogen-bond donors (Lipinski definition) is 0. The van der Waals surface area contributed by atoms with Crippen LogP contribution < -0.4 is 0 Å². The average Bonchev–Trinajstić information content (AvgIpc) is 2.80. The van der Waals surface area contributed by atoms with Crippen molar-refractivity contribution in [2.45, 2.75) is 6.92 Å². The van der Waals surface area contributed by atoms with Crippen LogP contribution >= 0.6 is 0 Å². The van der Waals surface area contributed by atoms with Crippen LogP contribution in [0.2, 0.25) is 0 Å². The fraction of sp³-hybridized carbons (Fsp3) is 0.700. The van der Waals surface area contributed by atoms with Crippen LogP contribution in [0.5, 0.6) is 0 Å². The van der Waals surface area contributed by atoms with E-state index < -0.39 is 0 Å². The first-order valence-electron chi connectivity index (χ1n) is 5.44. The Hall–Kier alpha value is -1.11. The molecule has 16 heavy (non-hydrogen) atoms. The molecule has 6 heteroatoms. The molecule has 2 aliphatic rings. The summed E-state index contributed by atoms with van der Waals surface area (Å²) in [6.07, 6.45) is 1.45. The molecule has 0 saturated carbocycles. The molecule has 0 spiro atoms. The van der Waals surface area contributed by atoms with Gasteiger partial charge in [-0.25, -0.2) is 9.80 Å². The van der Waals surface area contributed by atoms with E-state index in [1.54, 1.807) is 12.1 Å². The molecular weight excluding hydrogens is 212 g/mol. The Labute approximate surface area is 94.3 Å². The molecule has 2 rings (SSSR count). The van der Waals surface area contributed by atoms with Gasteiger partial charge in [0.15, 0.2) is 0 Å². The van der Waals surface area contributed by atoms with Gasteiger partial charge in [-0.05, 0) is 6.92 Å². The minimum Gasteiger partial charge on any atom is -0.463 e. The lowest BCUT2D eigenvalue weighted by Gasteiger charge is -2.32. The Morgan fingerprint density at radius 3 is 2.94 bits per heavy atom. The highest BCUT2D eigenvalue weighted by Crippen LogP contribution is 2.15. The third-order valence-electron chi connectivity index (χ3n) is 2.46. The van der Waals surface area contributed by atoms with Crippen molar-refractivity contribution >= 4 is 5.97 Å². The van der Waals surface area contributed by atoms with Crippen LogP contribution in [0.4, 0.5) is 0 Å². The molecule has 2 aliphatic heterocycles. The maximum atomic E-state index is 11.4. The Balaban J connectivity index is 1.83. The maximum Gasteiger partial charge on any atom is 0.338 e. The van der Waals surface area contributed by atoms with E-state index in [0.29, 0.717) is 31.9 Å². The fourth-order valence-electron chi connectivity index (χ4n) is 1.62. The first-order valence-corrected chi connectivity index (χ1v) is 5.44. The fourth-order valence-corrected chi connectivity index (χ4v) is 1.62. The molecule has 6 nitrogen and oxygen atoms in total. The molecule has 1 fully saturated rings. The number of rotatable bonds is 3. The molecule has 0 N–H and O–H groups in total. The highest BCUT2D eigenvalue weighted by atomic mass is 16.7. The first-order chi connectivity index (χ1) is 7.81. The van der Waals surface area contributed by atoms with Gasteiger partial charge in [0.1, 0.15) is 6.26 Å². The lowest BCUT2D eigenvalue weighted by atomic mass is 10.3. The molecule has 0 aromatic rings. The van der Waals surface area contributed by atoms with Crippen LogP contribution in [0.3, 0.4) is 0 Å². The van der Waals surface area contributed by atoms with Crippen LogP contribution in [0.25, 0.3) is 0 Å². The standard InChI is InChI=1S/C10H16N2O4/c1-2-15-10(13)9-7-12(16-8-9)11-3-5-14-6-4-11/h8H,2-7H2,1H3. The minimum atomic E-state index is -0.307. The molecule has 0 aromatic heterocycles. The zero-order chi connectivity index (χ0) is 11.4. The molecule has 2 heterocycles. The van der Waals surface area contributed by atoms with Crippen molar-refractivity contribution in [1.82, 2.24) is 10.2 Å². The summed E-state index contributed by atoms with van der Waals surface area (Å²) in [5, 5.41) is 3.70. The largest absolute Gasteiger partial charge is 0.463 e. The van der Waals surface area contributed by atoms with Gasteiger partial charge >= 0.3 is 5.97 Å². The van der Waals surface area contributed by atoms with E-state index in [4.69, 9.17) is 14.3 Å². The van der Waals surface area contributed by atoms with Gasteiger partial charge in [0, 0.05) is 13.1 Å². The van der Waals surface area contributed by atoms with Crippen molar-refractivity contribution < 1.29 is 19.1 Å². The zero-order valence-corrected chi connectivity index (χ0v) is 9.35. The number of carbonyl (C=O) groups excluding carboxylic acids is 1. The van der Waals surface area contributed by atoms with Crippen molar-refractivity contribution in [2.75, 3.05) is 39.5 Å². The third kappa shape index (κ3) is 2.52. The van der Waals surface area contributed by atoms with E-state index in [1.807, 2.05) is 5.01 Å². The SMILES string of the molecule is CCOC(=O)C1=CON(N2CCOCC2)C1. The van der Waals surface area contributed by atoms with Gasteiger partial charge in [0.05, 0.1) is 31.9 Å².